The van der Waals surface area contributed by atoms with Crippen LogP contribution in [0, 0.1) is 5.92 Å². The molecule has 1 amide bonds. The standard InChI is InChI=1S/C24H25N3O3/c1-27-12-9-24-16-4-5-17(26-23(28)14-7-10-25-11-8-14)22(24)30-21-19(29-2)6-3-15(20(21)24)13-18(16)27/h3-8,10-11,16-18,22H,9,12-13H2,1-2H3,(H,26,28)/t16-,17-,18+,22-,24-/m0/s1. The number of nitrogens with one attached hydrogen (secondary N) is 1. The van der Waals surface area contributed by atoms with Gasteiger partial charge in [0, 0.05) is 40.9 Å². The Hall–Kier alpha value is -2.86. The fourth-order valence-electron chi connectivity index (χ4n) is 6.28. The number of benzene rings is 1. The first kappa shape index (κ1) is 18.0. The normalized spacial score (nSPS) is 32.9. The van der Waals surface area contributed by atoms with E-state index in [0.29, 0.717) is 17.5 Å². The van der Waals surface area contributed by atoms with Gasteiger partial charge in [-0.05, 0) is 50.2 Å². The van der Waals surface area contributed by atoms with Crippen LogP contribution in [0.5, 0.6) is 11.5 Å². The van der Waals surface area contributed by atoms with E-state index in [2.05, 4.69) is 40.5 Å². The Morgan fingerprint density at radius 3 is 2.90 bits per heavy atom. The van der Waals surface area contributed by atoms with Gasteiger partial charge >= 0.3 is 0 Å². The highest BCUT2D eigenvalue weighted by molar-refractivity contribution is 5.94. The van der Waals surface area contributed by atoms with Crippen LogP contribution < -0.4 is 14.8 Å². The number of piperidine rings is 1. The molecule has 30 heavy (non-hydrogen) atoms. The molecule has 4 aliphatic rings. The van der Waals surface area contributed by atoms with Crippen molar-refractivity contribution in [3.8, 4) is 11.5 Å². The van der Waals surface area contributed by atoms with Crippen molar-refractivity contribution < 1.29 is 14.3 Å². The molecule has 6 nitrogen and oxygen atoms in total. The van der Waals surface area contributed by atoms with Crippen molar-refractivity contribution in [3.63, 3.8) is 0 Å². The second kappa shape index (κ2) is 6.32. The molecule has 3 heterocycles. The number of nitrogens with zero attached hydrogens (tertiary/aromatic N) is 2. The van der Waals surface area contributed by atoms with Crippen LogP contribution >= 0.6 is 0 Å². The van der Waals surface area contributed by atoms with Crippen LogP contribution in [-0.4, -0.2) is 54.7 Å². The lowest BCUT2D eigenvalue weighted by molar-refractivity contribution is -0.00856. The van der Waals surface area contributed by atoms with Crippen LogP contribution in [0.25, 0.3) is 0 Å². The summed E-state index contributed by atoms with van der Waals surface area (Å²) in [7, 11) is 3.92. The van der Waals surface area contributed by atoms with E-state index < -0.39 is 0 Å². The van der Waals surface area contributed by atoms with Crippen LogP contribution in [0.3, 0.4) is 0 Å². The molecule has 0 radical (unpaired) electrons. The minimum atomic E-state index is -0.200. The van der Waals surface area contributed by atoms with E-state index in [9.17, 15) is 4.79 Å². The lowest BCUT2D eigenvalue weighted by Crippen LogP contribution is -2.66. The number of carbonyl (C=O) groups excluding carboxylic acids is 1. The van der Waals surface area contributed by atoms with Gasteiger partial charge in [-0.2, -0.15) is 0 Å². The van der Waals surface area contributed by atoms with Crippen molar-refractivity contribution in [2.75, 3.05) is 20.7 Å². The second-order valence-corrected chi connectivity index (χ2v) is 8.86. The minimum Gasteiger partial charge on any atom is -0.493 e. The molecule has 1 saturated heterocycles. The molecule has 1 N–H and O–H groups in total. The Labute approximate surface area is 175 Å². The number of carbonyl (C=O) groups is 1. The molecule has 5 atom stereocenters. The summed E-state index contributed by atoms with van der Waals surface area (Å²) >= 11 is 0. The average Bonchev–Trinajstić information content (AvgIpc) is 3.13. The van der Waals surface area contributed by atoms with Crippen LogP contribution in [0.15, 0.2) is 48.8 Å². The first-order valence-electron chi connectivity index (χ1n) is 10.6. The molecular weight excluding hydrogens is 378 g/mol. The largest absolute Gasteiger partial charge is 0.493 e. The molecule has 1 aromatic carbocycles. The first-order chi connectivity index (χ1) is 14.6. The van der Waals surface area contributed by atoms with Gasteiger partial charge in [-0.25, -0.2) is 0 Å². The highest BCUT2D eigenvalue weighted by atomic mass is 16.5. The van der Waals surface area contributed by atoms with Crippen molar-refractivity contribution in [1.29, 1.82) is 0 Å². The molecule has 0 saturated carbocycles. The third kappa shape index (κ3) is 2.23. The number of rotatable bonds is 3. The van der Waals surface area contributed by atoms with Gasteiger partial charge in [-0.15, -0.1) is 0 Å². The molecule has 1 aromatic heterocycles. The average molecular weight is 403 g/mol. The maximum absolute atomic E-state index is 12.9. The Bertz CT molecular complexity index is 1050. The number of likely N-dealkylation sites (N-methyl/N-ethyl adjacent to an activating group) is 1. The van der Waals surface area contributed by atoms with Crippen molar-refractivity contribution in [2.45, 2.75) is 36.4 Å². The Morgan fingerprint density at radius 2 is 2.10 bits per heavy atom. The van der Waals surface area contributed by atoms with Gasteiger partial charge in [0.1, 0.15) is 6.10 Å². The van der Waals surface area contributed by atoms with Gasteiger partial charge in [0.05, 0.1) is 13.2 Å². The fraction of sp³-hybridized carbons (Fsp3) is 0.417. The van der Waals surface area contributed by atoms with Gasteiger partial charge < -0.3 is 19.7 Å². The zero-order valence-electron chi connectivity index (χ0n) is 17.2. The predicted octanol–water partition coefficient (Wildman–Crippen LogP) is 2.33. The molecule has 2 bridgehead atoms. The lowest BCUT2D eigenvalue weighted by atomic mass is 9.53. The quantitative estimate of drug-likeness (QED) is 0.797. The number of likely N-dealkylation sites (tertiary alicyclic amines) is 1. The van der Waals surface area contributed by atoms with E-state index in [0.717, 1.165) is 30.9 Å². The highest BCUT2D eigenvalue weighted by Gasteiger charge is 2.64. The van der Waals surface area contributed by atoms with Crippen molar-refractivity contribution >= 4 is 5.91 Å². The number of methoxy groups -OCH3 is 1. The van der Waals surface area contributed by atoms with Gasteiger partial charge in [0.25, 0.3) is 5.91 Å². The minimum absolute atomic E-state index is 0.103. The van der Waals surface area contributed by atoms with E-state index in [1.54, 1.807) is 31.6 Å². The molecule has 0 unspecified atom stereocenters. The number of aromatic nitrogens is 1. The van der Waals surface area contributed by atoms with Crippen molar-refractivity contribution in [3.05, 3.63) is 65.5 Å². The van der Waals surface area contributed by atoms with E-state index in [4.69, 9.17) is 9.47 Å². The molecule has 1 fully saturated rings. The zero-order chi connectivity index (χ0) is 20.5. The maximum Gasteiger partial charge on any atom is 0.251 e. The molecule has 1 spiro atoms. The van der Waals surface area contributed by atoms with Crippen molar-refractivity contribution in [2.24, 2.45) is 5.92 Å². The summed E-state index contributed by atoms with van der Waals surface area (Å²) in [6.45, 7) is 1.02. The summed E-state index contributed by atoms with van der Waals surface area (Å²) in [5, 5.41) is 3.22. The summed E-state index contributed by atoms with van der Waals surface area (Å²) in [6, 6.07) is 7.95. The molecule has 2 aliphatic carbocycles. The molecule has 6 heteroatoms. The topological polar surface area (TPSA) is 63.7 Å². The predicted molar refractivity (Wildman–Crippen MR) is 112 cm³/mol. The van der Waals surface area contributed by atoms with Gasteiger partial charge in [0.2, 0.25) is 0 Å². The second-order valence-electron chi connectivity index (χ2n) is 8.86. The number of hydrogen-bond donors (Lipinski definition) is 1. The zero-order valence-corrected chi connectivity index (χ0v) is 17.2. The summed E-state index contributed by atoms with van der Waals surface area (Å²) in [5.41, 5.74) is 3.15. The fourth-order valence-corrected chi connectivity index (χ4v) is 6.28. The van der Waals surface area contributed by atoms with Crippen LogP contribution in [0.4, 0.5) is 0 Å². The van der Waals surface area contributed by atoms with Crippen LogP contribution in [0.1, 0.15) is 27.9 Å². The third-order valence-corrected chi connectivity index (χ3v) is 7.62. The number of amides is 1. The van der Waals surface area contributed by atoms with Crippen molar-refractivity contribution in [1.82, 2.24) is 15.2 Å². The lowest BCUT2D eigenvalue weighted by Gasteiger charge is -2.57. The van der Waals surface area contributed by atoms with Crippen LogP contribution in [-0.2, 0) is 11.8 Å². The molecule has 154 valence electrons. The smallest absolute Gasteiger partial charge is 0.251 e. The number of hydrogen-bond acceptors (Lipinski definition) is 5. The maximum atomic E-state index is 12.9. The molecule has 2 aliphatic heterocycles. The Morgan fingerprint density at radius 1 is 1.27 bits per heavy atom. The van der Waals surface area contributed by atoms with Crippen LogP contribution in [0.2, 0.25) is 0 Å². The number of ether oxygens (including phenoxy) is 2. The number of pyridine rings is 1. The molecule has 2 aromatic rings. The summed E-state index contributed by atoms with van der Waals surface area (Å²) in [6.07, 6.45) is 9.64. The van der Waals surface area contributed by atoms with E-state index in [-0.39, 0.29) is 23.5 Å². The summed E-state index contributed by atoms with van der Waals surface area (Å²) in [4.78, 5) is 19.4. The van der Waals surface area contributed by atoms with E-state index >= 15 is 0 Å². The Kier molecular flexibility index (Phi) is 3.78. The van der Waals surface area contributed by atoms with E-state index in [1.165, 1.54) is 11.1 Å². The molecular formula is C24H25N3O3. The first-order valence-corrected chi connectivity index (χ1v) is 10.6. The van der Waals surface area contributed by atoms with Gasteiger partial charge in [0.15, 0.2) is 11.5 Å². The monoisotopic (exact) mass is 403 g/mol. The van der Waals surface area contributed by atoms with Gasteiger partial charge in [-0.3, -0.25) is 9.78 Å². The summed E-state index contributed by atoms with van der Waals surface area (Å²) < 4.78 is 12.3. The highest BCUT2D eigenvalue weighted by Crippen LogP contribution is 2.62. The third-order valence-electron chi connectivity index (χ3n) is 7.62. The van der Waals surface area contributed by atoms with Gasteiger partial charge in [-0.1, -0.05) is 18.2 Å². The van der Waals surface area contributed by atoms with E-state index in [1.807, 2.05) is 6.07 Å². The summed E-state index contributed by atoms with van der Waals surface area (Å²) in [5.74, 6) is 1.93. The SMILES string of the molecule is COc1ccc2c3c1O[C@H]1[C@@H](NC(=O)c4ccncc4)C=C[C@H]4[C@@H](C2)N(C)CC[C@@]341. The Balaban J connectivity index is 1.46. The molecule has 6 rings (SSSR count).